The van der Waals surface area contributed by atoms with Gasteiger partial charge in [0.1, 0.15) is 5.82 Å². The van der Waals surface area contributed by atoms with Crippen LogP contribution in [0.5, 0.6) is 0 Å². The Morgan fingerprint density at radius 1 is 1.44 bits per heavy atom. The molecule has 0 atom stereocenters. The van der Waals surface area contributed by atoms with Gasteiger partial charge in [-0.05, 0) is 0 Å². The Bertz CT molecular complexity index is 139. The number of primary amides is 1. The van der Waals surface area contributed by atoms with Crippen molar-refractivity contribution in [1.82, 2.24) is 4.90 Å². The zero-order valence-corrected chi connectivity index (χ0v) is 5.59. The second-order valence-corrected chi connectivity index (χ2v) is 1.87. The van der Waals surface area contributed by atoms with Crippen molar-refractivity contribution in [2.45, 2.75) is 0 Å². The molecule has 0 heterocycles. The number of nitrogens with zero attached hydrogens (tertiary/aromatic N) is 1. The Morgan fingerprint density at radius 2 is 1.89 bits per heavy atom. The number of carbonyl (C=O) groups is 1. The number of nitrogens with two attached hydrogens (primary N) is 2. The van der Waals surface area contributed by atoms with Crippen molar-refractivity contribution in [3.05, 3.63) is 11.9 Å². The highest BCUT2D eigenvalue weighted by molar-refractivity contribution is 5.86. The lowest BCUT2D eigenvalue weighted by molar-refractivity contribution is -0.113. The van der Waals surface area contributed by atoms with E-state index in [1.54, 1.807) is 19.0 Å². The minimum absolute atomic E-state index is 0.363. The van der Waals surface area contributed by atoms with E-state index in [-0.39, 0.29) is 0 Å². The summed E-state index contributed by atoms with van der Waals surface area (Å²) in [6, 6.07) is 0. The van der Waals surface area contributed by atoms with Crippen molar-refractivity contribution in [3.8, 4) is 0 Å². The average Bonchev–Trinajstić information content (AvgIpc) is 1.63. The summed E-state index contributed by atoms with van der Waals surface area (Å²) in [5.41, 5.74) is 10.1. The molecule has 0 fully saturated rings. The fourth-order valence-corrected chi connectivity index (χ4v) is 0.275. The van der Waals surface area contributed by atoms with Crippen LogP contribution in [0.1, 0.15) is 0 Å². The van der Waals surface area contributed by atoms with Crippen LogP contribution in [0, 0.1) is 0 Å². The summed E-state index contributed by atoms with van der Waals surface area (Å²) in [5, 5.41) is 0. The van der Waals surface area contributed by atoms with Crippen LogP contribution in [0.25, 0.3) is 0 Å². The highest BCUT2D eigenvalue weighted by Crippen LogP contribution is 1.84. The Balaban J connectivity index is 4.00. The first-order valence-corrected chi connectivity index (χ1v) is 2.48. The molecule has 0 aliphatic heterocycles. The van der Waals surface area contributed by atoms with Gasteiger partial charge in [0.2, 0.25) is 5.91 Å². The van der Waals surface area contributed by atoms with Gasteiger partial charge in [0, 0.05) is 20.2 Å². The van der Waals surface area contributed by atoms with Gasteiger partial charge < -0.3 is 16.4 Å². The smallest absolute Gasteiger partial charge is 0.245 e. The standard InChI is InChI=1S/C5H11N3O/c1-8(2)4(6)3-5(7)9/h3H,6H2,1-2H3,(H2,7,9). The van der Waals surface area contributed by atoms with E-state index < -0.39 is 5.91 Å². The van der Waals surface area contributed by atoms with Crippen molar-refractivity contribution in [2.75, 3.05) is 14.1 Å². The normalized spacial score (nSPS) is 11.1. The summed E-state index contributed by atoms with van der Waals surface area (Å²) in [6.45, 7) is 0. The van der Waals surface area contributed by atoms with Gasteiger partial charge in [-0.15, -0.1) is 0 Å². The SMILES string of the molecule is CN(C)C(N)=CC(N)=O. The molecule has 0 rings (SSSR count). The zero-order valence-electron chi connectivity index (χ0n) is 5.59. The van der Waals surface area contributed by atoms with Crippen LogP contribution in [0.4, 0.5) is 0 Å². The first-order chi connectivity index (χ1) is 4.04. The summed E-state index contributed by atoms with van der Waals surface area (Å²) < 4.78 is 0. The molecule has 0 aliphatic rings. The summed E-state index contributed by atoms with van der Waals surface area (Å²) in [4.78, 5) is 11.8. The Morgan fingerprint density at radius 3 is 2.00 bits per heavy atom. The number of hydrogen-bond acceptors (Lipinski definition) is 3. The predicted molar refractivity (Wildman–Crippen MR) is 35.2 cm³/mol. The maximum absolute atomic E-state index is 10.2. The molecule has 0 aromatic heterocycles. The predicted octanol–water partition coefficient (Wildman–Crippen LogP) is -1.17. The highest BCUT2D eigenvalue weighted by Gasteiger charge is 1.92. The molecule has 0 spiro atoms. The molecule has 4 nitrogen and oxygen atoms in total. The van der Waals surface area contributed by atoms with Crippen LogP contribution >= 0.6 is 0 Å². The number of amides is 1. The zero-order chi connectivity index (χ0) is 7.44. The molecule has 0 aliphatic carbocycles. The summed E-state index contributed by atoms with van der Waals surface area (Å²) in [6.07, 6.45) is 1.17. The van der Waals surface area contributed by atoms with Crippen molar-refractivity contribution in [1.29, 1.82) is 0 Å². The fraction of sp³-hybridized carbons (Fsp3) is 0.400. The van der Waals surface area contributed by atoms with Crippen molar-refractivity contribution in [2.24, 2.45) is 11.5 Å². The van der Waals surface area contributed by atoms with E-state index in [0.29, 0.717) is 5.82 Å². The van der Waals surface area contributed by atoms with Gasteiger partial charge in [-0.2, -0.15) is 0 Å². The molecule has 52 valence electrons. The van der Waals surface area contributed by atoms with Gasteiger partial charge in [0.25, 0.3) is 0 Å². The minimum atomic E-state index is -0.527. The molecule has 0 aromatic rings. The van der Waals surface area contributed by atoms with E-state index in [4.69, 9.17) is 11.5 Å². The monoisotopic (exact) mass is 129 g/mol. The lowest BCUT2D eigenvalue weighted by atomic mass is 10.5. The van der Waals surface area contributed by atoms with Crippen molar-refractivity contribution < 1.29 is 4.79 Å². The Labute approximate surface area is 54.1 Å². The van der Waals surface area contributed by atoms with E-state index in [9.17, 15) is 4.79 Å². The number of carbonyl (C=O) groups excluding carboxylic acids is 1. The quantitative estimate of drug-likeness (QED) is 0.461. The summed E-state index contributed by atoms with van der Waals surface area (Å²) in [5.74, 6) is -0.163. The second-order valence-electron chi connectivity index (χ2n) is 1.87. The van der Waals surface area contributed by atoms with E-state index in [2.05, 4.69) is 0 Å². The summed E-state index contributed by atoms with van der Waals surface area (Å²) >= 11 is 0. The van der Waals surface area contributed by atoms with Gasteiger partial charge >= 0.3 is 0 Å². The van der Waals surface area contributed by atoms with Gasteiger partial charge in [-0.1, -0.05) is 0 Å². The average molecular weight is 129 g/mol. The Hall–Kier alpha value is -1.19. The lowest BCUT2D eigenvalue weighted by Gasteiger charge is -2.10. The fourth-order valence-electron chi connectivity index (χ4n) is 0.275. The molecule has 4 heteroatoms. The third-order valence-corrected chi connectivity index (χ3v) is 0.807. The molecule has 0 unspecified atom stereocenters. The van der Waals surface area contributed by atoms with E-state index >= 15 is 0 Å². The van der Waals surface area contributed by atoms with Crippen LogP contribution in [0.15, 0.2) is 11.9 Å². The van der Waals surface area contributed by atoms with Gasteiger partial charge in [0.15, 0.2) is 0 Å². The van der Waals surface area contributed by atoms with E-state index in [0.717, 1.165) is 0 Å². The van der Waals surface area contributed by atoms with E-state index in [1.165, 1.54) is 6.08 Å². The molecule has 0 bridgehead atoms. The van der Waals surface area contributed by atoms with Crippen LogP contribution < -0.4 is 11.5 Å². The van der Waals surface area contributed by atoms with Gasteiger partial charge in [-0.3, -0.25) is 4.79 Å². The Kier molecular flexibility index (Phi) is 2.57. The first-order valence-electron chi connectivity index (χ1n) is 2.48. The van der Waals surface area contributed by atoms with E-state index in [1.807, 2.05) is 0 Å². The maximum atomic E-state index is 10.2. The van der Waals surface area contributed by atoms with Crippen molar-refractivity contribution in [3.63, 3.8) is 0 Å². The third-order valence-electron chi connectivity index (χ3n) is 0.807. The lowest BCUT2D eigenvalue weighted by Crippen LogP contribution is -2.21. The van der Waals surface area contributed by atoms with Crippen LogP contribution in [0.3, 0.4) is 0 Å². The third kappa shape index (κ3) is 3.40. The second kappa shape index (κ2) is 2.96. The van der Waals surface area contributed by atoms with Crippen LogP contribution in [0.2, 0.25) is 0 Å². The molecule has 0 radical (unpaired) electrons. The summed E-state index contributed by atoms with van der Waals surface area (Å²) in [7, 11) is 3.46. The molecule has 9 heavy (non-hydrogen) atoms. The molecule has 0 aromatic carbocycles. The van der Waals surface area contributed by atoms with Gasteiger partial charge in [0.05, 0.1) is 0 Å². The van der Waals surface area contributed by atoms with Crippen LogP contribution in [-0.4, -0.2) is 24.9 Å². The molecule has 4 N–H and O–H groups in total. The van der Waals surface area contributed by atoms with Crippen LogP contribution in [-0.2, 0) is 4.79 Å². The highest BCUT2D eigenvalue weighted by atomic mass is 16.1. The first kappa shape index (κ1) is 7.81. The maximum Gasteiger partial charge on any atom is 0.245 e. The number of rotatable bonds is 2. The molecule has 0 saturated heterocycles. The van der Waals surface area contributed by atoms with Gasteiger partial charge in [-0.25, -0.2) is 0 Å². The molecule has 0 saturated carbocycles. The largest absolute Gasteiger partial charge is 0.385 e. The van der Waals surface area contributed by atoms with Crippen molar-refractivity contribution >= 4 is 5.91 Å². The minimum Gasteiger partial charge on any atom is -0.385 e. The molecular weight excluding hydrogens is 118 g/mol. The topological polar surface area (TPSA) is 72.3 Å². The number of hydrogen-bond donors (Lipinski definition) is 2. The molecule has 1 amide bonds. The molecular formula is C5H11N3O.